The molecule has 0 amide bonds. The SMILES string of the molecule is CCOC(=O)[C@@]1(CCCCCCCc2ccccc2)CO1. The van der Waals surface area contributed by atoms with Gasteiger partial charge in [0.25, 0.3) is 0 Å². The van der Waals surface area contributed by atoms with E-state index in [1.165, 1.54) is 31.2 Å². The Labute approximate surface area is 127 Å². The van der Waals surface area contributed by atoms with E-state index in [1.807, 2.05) is 6.92 Å². The van der Waals surface area contributed by atoms with Crippen LogP contribution in [0.25, 0.3) is 0 Å². The maximum atomic E-state index is 11.7. The fourth-order valence-electron chi connectivity index (χ4n) is 2.63. The van der Waals surface area contributed by atoms with Crippen LogP contribution in [0.1, 0.15) is 51.0 Å². The fourth-order valence-corrected chi connectivity index (χ4v) is 2.63. The van der Waals surface area contributed by atoms with Gasteiger partial charge in [-0.1, -0.05) is 49.6 Å². The number of carbonyl (C=O) groups is 1. The van der Waals surface area contributed by atoms with Crippen molar-refractivity contribution in [2.45, 2.75) is 57.5 Å². The zero-order chi connectivity index (χ0) is 15.0. The van der Waals surface area contributed by atoms with Crippen molar-refractivity contribution in [3.63, 3.8) is 0 Å². The molecule has 0 bridgehead atoms. The summed E-state index contributed by atoms with van der Waals surface area (Å²) in [5.74, 6) is -0.172. The maximum Gasteiger partial charge on any atom is 0.340 e. The number of esters is 1. The number of benzene rings is 1. The molecule has 1 aliphatic rings. The first-order chi connectivity index (χ1) is 10.3. The highest BCUT2D eigenvalue weighted by molar-refractivity contribution is 5.82. The van der Waals surface area contributed by atoms with E-state index in [9.17, 15) is 4.79 Å². The molecule has 1 aromatic rings. The Kier molecular flexibility index (Phi) is 6.24. The van der Waals surface area contributed by atoms with Gasteiger partial charge in [0.1, 0.15) is 0 Å². The van der Waals surface area contributed by atoms with Crippen LogP contribution < -0.4 is 0 Å². The summed E-state index contributed by atoms with van der Waals surface area (Å²) < 4.78 is 10.4. The van der Waals surface area contributed by atoms with Crippen LogP contribution in [-0.4, -0.2) is 24.8 Å². The van der Waals surface area contributed by atoms with Crippen LogP contribution in [-0.2, 0) is 20.7 Å². The van der Waals surface area contributed by atoms with Gasteiger partial charge < -0.3 is 9.47 Å². The number of epoxide rings is 1. The second-order valence-corrected chi connectivity index (χ2v) is 5.76. The first kappa shape index (κ1) is 16.0. The van der Waals surface area contributed by atoms with Crippen molar-refractivity contribution < 1.29 is 14.3 Å². The monoisotopic (exact) mass is 290 g/mol. The Hall–Kier alpha value is -1.35. The van der Waals surface area contributed by atoms with E-state index in [0.717, 1.165) is 19.3 Å². The summed E-state index contributed by atoms with van der Waals surface area (Å²) in [5, 5.41) is 0. The van der Waals surface area contributed by atoms with Gasteiger partial charge in [-0.15, -0.1) is 0 Å². The predicted octanol–water partition coefficient (Wildman–Crippen LogP) is 3.90. The summed E-state index contributed by atoms with van der Waals surface area (Å²) in [6.07, 6.45) is 7.90. The topological polar surface area (TPSA) is 38.8 Å². The highest BCUT2D eigenvalue weighted by atomic mass is 16.6. The zero-order valence-corrected chi connectivity index (χ0v) is 13.0. The summed E-state index contributed by atoms with van der Waals surface area (Å²) in [4.78, 5) is 11.7. The number of aryl methyl sites for hydroxylation is 1. The Morgan fingerprint density at radius 3 is 2.48 bits per heavy atom. The number of ether oxygens (including phenoxy) is 2. The van der Waals surface area contributed by atoms with Crippen molar-refractivity contribution in [1.82, 2.24) is 0 Å². The number of hydrogen-bond acceptors (Lipinski definition) is 3. The van der Waals surface area contributed by atoms with E-state index in [2.05, 4.69) is 30.3 Å². The Morgan fingerprint density at radius 1 is 1.14 bits per heavy atom. The van der Waals surface area contributed by atoms with Crippen LogP contribution in [0, 0.1) is 0 Å². The van der Waals surface area contributed by atoms with E-state index in [1.54, 1.807) is 0 Å². The van der Waals surface area contributed by atoms with Gasteiger partial charge in [-0.3, -0.25) is 0 Å². The summed E-state index contributed by atoms with van der Waals surface area (Å²) in [5.41, 5.74) is 0.838. The highest BCUT2D eigenvalue weighted by Gasteiger charge is 2.52. The predicted molar refractivity (Wildman–Crippen MR) is 83.2 cm³/mol. The van der Waals surface area contributed by atoms with Crippen LogP contribution in [0.2, 0.25) is 0 Å². The van der Waals surface area contributed by atoms with Crippen molar-refractivity contribution in [2.75, 3.05) is 13.2 Å². The summed E-state index contributed by atoms with van der Waals surface area (Å²) in [6, 6.07) is 10.6. The molecule has 0 aliphatic carbocycles. The second kappa shape index (κ2) is 8.18. The molecule has 0 radical (unpaired) electrons. The molecule has 3 heteroatoms. The summed E-state index contributed by atoms with van der Waals surface area (Å²) in [7, 11) is 0. The molecule has 3 nitrogen and oxygen atoms in total. The van der Waals surface area contributed by atoms with Gasteiger partial charge >= 0.3 is 5.97 Å². The lowest BCUT2D eigenvalue weighted by molar-refractivity contribution is -0.149. The van der Waals surface area contributed by atoms with Gasteiger partial charge in [0.15, 0.2) is 5.60 Å². The molecule has 116 valence electrons. The molecule has 0 N–H and O–H groups in total. The minimum atomic E-state index is -0.583. The second-order valence-electron chi connectivity index (χ2n) is 5.76. The first-order valence-corrected chi connectivity index (χ1v) is 8.12. The first-order valence-electron chi connectivity index (χ1n) is 8.12. The van der Waals surface area contributed by atoms with Crippen LogP contribution in [0.15, 0.2) is 30.3 Å². The third kappa shape index (κ3) is 5.16. The van der Waals surface area contributed by atoms with E-state index in [-0.39, 0.29) is 5.97 Å². The quantitative estimate of drug-likeness (QED) is 0.372. The normalized spacial score (nSPS) is 20.2. The molecule has 0 spiro atoms. The van der Waals surface area contributed by atoms with Gasteiger partial charge in [0, 0.05) is 0 Å². The van der Waals surface area contributed by atoms with E-state index in [0.29, 0.717) is 13.2 Å². The summed E-state index contributed by atoms with van der Waals surface area (Å²) >= 11 is 0. The summed E-state index contributed by atoms with van der Waals surface area (Å²) in [6.45, 7) is 2.81. The van der Waals surface area contributed by atoms with Crippen LogP contribution in [0.4, 0.5) is 0 Å². The van der Waals surface area contributed by atoms with E-state index >= 15 is 0 Å². The number of carbonyl (C=O) groups excluding carboxylic acids is 1. The standard InChI is InChI=1S/C18H26O3/c1-2-20-17(19)18(15-21-18)14-10-5-3-4-7-11-16-12-8-6-9-13-16/h6,8-9,12-13H,2-5,7,10-11,14-15H2,1H3/t18-/m1/s1. The molecule has 1 fully saturated rings. The Bertz CT molecular complexity index is 423. The Morgan fingerprint density at radius 2 is 1.81 bits per heavy atom. The van der Waals surface area contributed by atoms with Crippen LogP contribution in [0.5, 0.6) is 0 Å². The average Bonchev–Trinajstić information content (AvgIpc) is 3.29. The molecule has 21 heavy (non-hydrogen) atoms. The van der Waals surface area contributed by atoms with E-state index in [4.69, 9.17) is 9.47 Å². The molecule has 1 saturated heterocycles. The maximum absolute atomic E-state index is 11.7. The van der Waals surface area contributed by atoms with Gasteiger partial charge in [0.05, 0.1) is 13.2 Å². The number of hydrogen-bond donors (Lipinski definition) is 0. The molecule has 1 aliphatic heterocycles. The lowest BCUT2D eigenvalue weighted by atomic mass is 10.0. The van der Waals surface area contributed by atoms with Gasteiger partial charge in [-0.05, 0) is 38.2 Å². The largest absolute Gasteiger partial charge is 0.464 e. The van der Waals surface area contributed by atoms with Gasteiger partial charge in [0.2, 0.25) is 0 Å². The molecule has 2 rings (SSSR count). The molecule has 1 atom stereocenters. The van der Waals surface area contributed by atoms with Crippen molar-refractivity contribution in [1.29, 1.82) is 0 Å². The Balaban J connectivity index is 1.50. The molecular weight excluding hydrogens is 264 g/mol. The smallest absolute Gasteiger partial charge is 0.340 e. The molecular formula is C18H26O3. The molecule has 0 saturated carbocycles. The third-order valence-electron chi connectivity index (χ3n) is 4.03. The highest BCUT2D eigenvalue weighted by Crippen LogP contribution is 2.34. The lowest BCUT2D eigenvalue weighted by Crippen LogP contribution is -2.27. The minimum absolute atomic E-state index is 0.172. The molecule has 1 aromatic carbocycles. The molecule has 0 aromatic heterocycles. The van der Waals surface area contributed by atoms with Crippen molar-refractivity contribution in [2.24, 2.45) is 0 Å². The fraction of sp³-hybridized carbons (Fsp3) is 0.611. The molecule has 1 heterocycles. The van der Waals surface area contributed by atoms with E-state index < -0.39 is 5.60 Å². The van der Waals surface area contributed by atoms with Crippen molar-refractivity contribution in [3.8, 4) is 0 Å². The van der Waals surface area contributed by atoms with Gasteiger partial charge in [-0.2, -0.15) is 0 Å². The van der Waals surface area contributed by atoms with Crippen LogP contribution in [0.3, 0.4) is 0 Å². The lowest BCUT2D eigenvalue weighted by Gasteiger charge is -2.10. The average molecular weight is 290 g/mol. The van der Waals surface area contributed by atoms with Crippen LogP contribution >= 0.6 is 0 Å². The molecule has 0 unspecified atom stereocenters. The third-order valence-corrected chi connectivity index (χ3v) is 4.03. The minimum Gasteiger partial charge on any atom is -0.464 e. The zero-order valence-electron chi connectivity index (χ0n) is 13.0. The van der Waals surface area contributed by atoms with Crippen molar-refractivity contribution in [3.05, 3.63) is 35.9 Å². The van der Waals surface area contributed by atoms with Crippen molar-refractivity contribution >= 4 is 5.97 Å². The number of unbranched alkanes of at least 4 members (excludes halogenated alkanes) is 4. The number of rotatable bonds is 10. The van der Waals surface area contributed by atoms with Gasteiger partial charge in [-0.25, -0.2) is 4.79 Å².